The first-order chi connectivity index (χ1) is 7.70. The molecule has 1 unspecified atom stereocenters. The number of hydrogen-bond acceptors (Lipinski definition) is 3. The third kappa shape index (κ3) is 6.76. The normalized spacial score (nSPS) is 15.2. The van der Waals surface area contributed by atoms with Crippen LogP contribution in [0.15, 0.2) is 12.2 Å². The highest BCUT2D eigenvalue weighted by Gasteiger charge is 2.36. The zero-order valence-electron chi connectivity index (χ0n) is 11.7. The molecule has 17 heavy (non-hydrogen) atoms. The molecule has 0 aliphatic carbocycles. The van der Waals surface area contributed by atoms with E-state index >= 15 is 0 Å². The van der Waals surface area contributed by atoms with Crippen molar-refractivity contribution in [1.82, 2.24) is 0 Å². The summed E-state index contributed by atoms with van der Waals surface area (Å²) < 4.78 is 5.96. The van der Waals surface area contributed by atoms with E-state index in [2.05, 4.69) is 33.9 Å². The lowest BCUT2D eigenvalue weighted by molar-refractivity contribution is -0.104. The second kappa shape index (κ2) is 7.09. The van der Waals surface area contributed by atoms with E-state index in [1.165, 1.54) is 6.08 Å². The molecule has 1 N–H and O–H groups in total. The van der Waals surface area contributed by atoms with Gasteiger partial charge in [-0.15, -0.1) is 0 Å². The summed E-state index contributed by atoms with van der Waals surface area (Å²) in [7, 11) is -1.70. The second-order valence-corrected chi connectivity index (χ2v) is 10.7. The van der Waals surface area contributed by atoms with Crippen LogP contribution in [0.25, 0.3) is 0 Å². The van der Waals surface area contributed by atoms with Gasteiger partial charge in [-0.05, 0) is 37.0 Å². The summed E-state index contributed by atoms with van der Waals surface area (Å²) in [6.45, 7) is 11.6. The summed E-state index contributed by atoms with van der Waals surface area (Å²) in [6.07, 6.45) is 4.53. The van der Waals surface area contributed by atoms with Crippen LogP contribution in [0, 0.1) is 0 Å². The van der Waals surface area contributed by atoms with Crippen molar-refractivity contribution in [3.63, 3.8) is 0 Å². The van der Waals surface area contributed by atoms with Gasteiger partial charge in [-0.2, -0.15) is 0 Å². The predicted molar refractivity (Wildman–Crippen MR) is 73.6 cm³/mol. The molecule has 0 fully saturated rings. The van der Waals surface area contributed by atoms with Crippen LogP contribution in [0.3, 0.4) is 0 Å². The smallest absolute Gasteiger partial charge is 0.191 e. The first-order valence-electron chi connectivity index (χ1n) is 6.13. The molecule has 0 aromatic heterocycles. The highest BCUT2D eigenvalue weighted by Crippen LogP contribution is 2.36. The lowest BCUT2D eigenvalue weighted by Crippen LogP contribution is -2.41. The molecule has 0 rings (SSSR count). The number of hydrogen-bond donors (Lipinski definition) is 1. The third-order valence-electron chi connectivity index (χ3n) is 3.34. The fourth-order valence-corrected chi connectivity index (χ4v) is 2.14. The zero-order chi connectivity index (χ0) is 13.5. The van der Waals surface area contributed by atoms with E-state index in [-0.39, 0.29) is 5.04 Å². The van der Waals surface area contributed by atoms with E-state index in [1.807, 2.05) is 0 Å². The Hall–Kier alpha value is -0.453. The number of aliphatic hydroxyl groups excluding tert-OH is 1. The molecule has 0 heterocycles. The van der Waals surface area contributed by atoms with Gasteiger partial charge in [0, 0.05) is 6.61 Å². The Labute approximate surface area is 106 Å². The topological polar surface area (TPSA) is 46.5 Å². The van der Waals surface area contributed by atoms with Crippen LogP contribution in [0.5, 0.6) is 0 Å². The first kappa shape index (κ1) is 16.5. The molecule has 0 saturated carbocycles. The number of rotatable bonds is 7. The summed E-state index contributed by atoms with van der Waals surface area (Å²) in [4.78, 5) is 10.1. The van der Waals surface area contributed by atoms with Crippen molar-refractivity contribution in [2.75, 3.05) is 6.61 Å². The van der Waals surface area contributed by atoms with Crippen molar-refractivity contribution in [2.45, 2.75) is 57.8 Å². The molecule has 0 aromatic carbocycles. The number of aliphatic hydroxyl groups is 1. The van der Waals surface area contributed by atoms with Gasteiger partial charge >= 0.3 is 0 Å². The van der Waals surface area contributed by atoms with Gasteiger partial charge < -0.3 is 9.53 Å². The Morgan fingerprint density at radius 3 is 2.41 bits per heavy atom. The number of aldehydes is 1. The molecule has 4 heteroatoms. The van der Waals surface area contributed by atoms with E-state index in [1.54, 1.807) is 6.08 Å². The number of carbonyl (C=O) groups excluding carboxylic acids is 1. The van der Waals surface area contributed by atoms with Gasteiger partial charge in [0.05, 0.1) is 6.10 Å². The second-order valence-electron chi connectivity index (χ2n) is 5.85. The van der Waals surface area contributed by atoms with E-state index in [0.29, 0.717) is 19.4 Å². The van der Waals surface area contributed by atoms with Crippen molar-refractivity contribution < 1.29 is 14.3 Å². The predicted octanol–water partition coefficient (Wildman–Crippen LogP) is 2.90. The number of carbonyl (C=O) groups is 1. The van der Waals surface area contributed by atoms with Crippen molar-refractivity contribution in [3.8, 4) is 0 Å². The lowest BCUT2D eigenvalue weighted by Gasteiger charge is -2.36. The van der Waals surface area contributed by atoms with Gasteiger partial charge in [-0.3, -0.25) is 4.79 Å². The van der Waals surface area contributed by atoms with Crippen LogP contribution in [0.1, 0.15) is 33.6 Å². The largest absolute Gasteiger partial charge is 0.417 e. The van der Waals surface area contributed by atoms with E-state index in [4.69, 9.17) is 4.43 Å². The molecule has 3 nitrogen and oxygen atoms in total. The van der Waals surface area contributed by atoms with Crippen LogP contribution in [0.2, 0.25) is 18.1 Å². The van der Waals surface area contributed by atoms with Gasteiger partial charge in [0.15, 0.2) is 8.32 Å². The molecule has 0 aliphatic heterocycles. The number of allylic oxidation sites excluding steroid dienone is 1. The molecule has 0 radical (unpaired) electrons. The minimum Gasteiger partial charge on any atom is -0.417 e. The minimum absolute atomic E-state index is 0.204. The molecule has 0 aliphatic rings. The fraction of sp³-hybridized carbons (Fsp3) is 0.769. The summed E-state index contributed by atoms with van der Waals surface area (Å²) >= 11 is 0. The monoisotopic (exact) mass is 258 g/mol. The molecule has 0 bridgehead atoms. The SMILES string of the molecule is CC(C)(C)[Si](C)(C)OCCC(O)C/C=C/C=O. The first-order valence-corrected chi connectivity index (χ1v) is 9.04. The van der Waals surface area contributed by atoms with Crippen LogP contribution < -0.4 is 0 Å². The summed E-state index contributed by atoms with van der Waals surface area (Å²) in [6, 6.07) is 0. The van der Waals surface area contributed by atoms with Crippen LogP contribution >= 0.6 is 0 Å². The Morgan fingerprint density at radius 2 is 1.94 bits per heavy atom. The van der Waals surface area contributed by atoms with E-state index < -0.39 is 14.4 Å². The molecule has 0 saturated heterocycles. The Kier molecular flexibility index (Phi) is 6.90. The molecule has 0 aromatic rings. The average molecular weight is 258 g/mol. The van der Waals surface area contributed by atoms with Crippen LogP contribution in [0.4, 0.5) is 0 Å². The highest BCUT2D eigenvalue weighted by molar-refractivity contribution is 6.74. The maximum Gasteiger partial charge on any atom is 0.191 e. The molecule has 1 atom stereocenters. The maximum absolute atomic E-state index is 10.1. The Balaban J connectivity index is 3.91. The highest BCUT2D eigenvalue weighted by atomic mass is 28.4. The van der Waals surface area contributed by atoms with Gasteiger partial charge in [0.2, 0.25) is 0 Å². The van der Waals surface area contributed by atoms with Crippen LogP contribution in [-0.2, 0) is 9.22 Å². The molecular weight excluding hydrogens is 232 g/mol. The minimum atomic E-state index is -1.70. The quantitative estimate of drug-likeness (QED) is 0.434. The lowest BCUT2D eigenvalue weighted by atomic mass is 10.2. The zero-order valence-corrected chi connectivity index (χ0v) is 12.7. The van der Waals surface area contributed by atoms with E-state index in [9.17, 15) is 9.90 Å². The summed E-state index contributed by atoms with van der Waals surface area (Å²) in [5, 5.41) is 9.85. The van der Waals surface area contributed by atoms with Crippen molar-refractivity contribution >= 4 is 14.6 Å². The van der Waals surface area contributed by atoms with Crippen molar-refractivity contribution in [2.24, 2.45) is 0 Å². The maximum atomic E-state index is 10.1. The van der Waals surface area contributed by atoms with Gasteiger partial charge in [0.25, 0.3) is 0 Å². The molecule has 0 spiro atoms. The van der Waals surface area contributed by atoms with Crippen LogP contribution in [-0.4, -0.2) is 32.4 Å². The van der Waals surface area contributed by atoms with Gasteiger partial charge in [0.1, 0.15) is 6.29 Å². The molecule has 100 valence electrons. The van der Waals surface area contributed by atoms with Crippen molar-refractivity contribution in [1.29, 1.82) is 0 Å². The van der Waals surface area contributed by atoms with Crippen molar-refractivity contribution in [3.05, 3.63) is 12.2 Å². The van der Waals surface area contributed by atoms with Gasteiger partial charge in [-0.1, -0.05) is 26.8 Å². The molecule has 0 amide bonds. The third-order valence-corrected chi connectivity index (χ3v) is 7.88. The van der Waals surface area contributed by atoms with Gasteiger partial charge in [-0.25, -0.2) is 0 Å². The Morgan fingerprint density at radius 1 is 1.35 bits per heavy atom. The summed E-state index contributed by atoms with van der Waals surface area (Å²) in [5.41, 5.74) is 0. The fourth-order valence-electron chi connectivity index (χ4n) is 1.08. The standard InChI is InChI=1S/C13H26O3Si/c1-13(2,3)17(4,5)16-11-9-12(15)8-6-7-10-14/h6-7,10,12,15H,8-9,11H2,1-5H3/b7-6+. The van der Waals surface area contributed by atoms with E-state index in [0.717, 1.165) is 6.29 Å². The molecular formula is C13H26O3Si. The average Bonchev–Trinajstić information content (AvgIpc) is 2.16. The Bertz CT molecular complexity index is 254. The summed E-state index contributed by atoms with van der Waals surface area (Å²) in [5.74, 6) is 0.